The number of aliphatic hydroxyl groups is 1. The molecule has 1 spiro atoms. The maximum Gasteiger partial charge on any atom is 0.338 e. The van der Waals surface area contributed by atoms with E-state index in [1.165, 1.54) is 0 Å². The highest BCUT2D eigenvalue weighted by molar-refractivity contribution is 5.92. The molecule has 0 unspecified atom stereocenters. The van der Waals surface area contributed by atoms with Gasteiger partial charge in [0.1, 0.15) is 11.4 Å². The predicted molar refractivity (Wildman–Crippen MR) is 82.5 cm³/mol. The Bertz CT molecular complexity index is 597. The number of esters is 1. The molecule has 22 heavy (non-hydrogen) atoms. The quantitative estimate of drug-likeness (QED) is 0.687. The van der Waals surface area contributed by atoms with Gasteiger partial charge in [0.15, 0.2) is 0 Å². The number of benzene rings is 1. The maximum atomic E-state index is 12.5. The molecule has 0 amide bonds. The zero-order valence-electron chi connectivity index (χ0n) is 12.5. The summed E-state index contributed by atoms with van der Waals surface area (Å²) in [5, 5.41) is 10.5. The molecule has 0 aliphatic carbocycles. The topological polar surface area (TPSA) is 55.8 Å². The van der Waals surface area contributed by atoms with Crippen LogP contribution in [0.4, 0.5) is 0 Å². The lowest BCUT2D eigenvalue weighted by Gasteiger charge is -2.40. The van der Waals surface area contributed by atoms with Crippen LogP contribution in [0, 0.1) is 0 Å². The molecule has 4 nitrogen and oxygen atoms in total. The fourth-order valence-corrected chi connectivity index (χ4v) is 3.22. The molecule has 1 aromatic carbocycles. The highest BCUT2D eigenvalue weighted by Crippen LogP contribution is 2.41. The van der Waals surface area contributed by atoms with Crippen LogP contribution in [0.5, 0.6) is 0 Å². The lowest BCUT2D eigenvalue weighted by molar-refractivity contribution is -0.169. The van der Waals surface area contributed by atoms with Crippen LogP contribution in [0.1, 0.15) is 30.7 Å². The number of carbonyl (C=O) groups is 1. The van der Waals surface area contributed by atoms with Gasteiger partial charge in [-0.2, -0.15) is 0 Å². The molecule has 0 saturated carbocycles. The van der Waals surface area contributed by atoms with Crippen LogP contribution in [0.3, 0.4) is 0 Å². The van der Waals surface area contributed by atoms with E-state index in [0.717, 1.165) is 5.56 Å². The van der Waals surface area contributed by atoms with Gasteiger partial charge in [0.05, 0.1) is 18.8 Å². The van der Waals surface area contributed by atoms with Crippen LogP contribution < -0.4 is 0 Å². The maximum absolute atomic E-state index is 12.5. The molecular weight excluding hydrogens is 280 g/mol. The normalized spacial score (nSPS) is 22.3. The lowest BCUT2D eigenvalue weighted by Crippen LogP contribution is -2.45. The van der Waals surface area contributed by atoms with Crippen LogP contribution in [-0.2, 0) is 14.3 Å². The van der Waals surface area contributed by atoms with Crippen molar-refractivity contribution in [1.82, 2.24) is 0 Å². The lowest BCUT2D eigenvalue weighted by atomic mass is 9.82. The predicted octanol–water partition coefficient (Wildman–Crippen LogP) is 3.26. The van der Waals surface area contributed by atoms with Gasteiger partial charge in [0.2, 0.25) is 0 Å². The third-order valence-corrected chi connectivity index (χ3v) is 4.44. The number of hydrogen-bond donors (Lipinski definition) is 1. The summed E-state index contributed by atoms with van der Waals surface area (Å²) < 4.78 is 11.0. The van der Waals surface area contributed by atoms with E-state index in [1.54, 1.807) is 6.08 Å². The molecule has 2 heterocycles. The Kier molecular flexibility index (Phi) is 4.03. The Morgan fingerprint density at radius 1 is 1.23 bits per heavy atom. The van der Waals surface area contributed by atoms with Crippen LogP contribution >= 0.6 is 0 Å². The number of hydrogen-bond acceptors (Lipinski definition) is 4. The second-order valence-corrected chi connectivity index (χ2v) is 5.85. The second kappa shape index (κ2) is 5.97. The smallest absolute Gasteiger partial charge is 0.338 e. The minimum absolute atomic E-state index is 0.118. The second-order valence-electron chi connectivity index (χ2n) is 5.85. The molecule has 1 saturated heterocycles. The number of rotatable bonds is 3. The van der Waals surface area contributed by atoms with E-state index in [4.69, 9.17) is 9.47 Å². The van der Waals surface area contributed by atoms with Crippen molar-refractivity contribution < 1.29 is 19.4 Å². The van der Waals surface area contributed by atoms with Crippen molar-refractivity contribution in [3.05, 3.63) is 59.9 Å². The van der Waals surface area contributed by atoms with Crippen molar-refractivity contribution >= 4 is 5.97 Å². The van der Waals surface area contributed by atoms with Gasteiger partial charge in [0.25, 0.3) is 0 Å². The molecule has 2 aliphatic heterocycles. The summed E-state index contributed by atoms with van der Waals surface area (Å²) in [5.41, 5.74) is 0.614. The highest BCUT2D eigenvalue weighted by atomic mass is 16.6. The molecule has 1 fully saturated rings. The van der Waals surface area contributed by atoms with Crippen molar-refractivity contribution in [3.63, 3.8) is 0 Å². The minimum atomic E-state index is -0.606. The Balaban J connectivity index is 1.94. The summed E-state index contributed by atoms with van der Waals surface area (Å²) in [6.45, 7) is 4.92. The minimum Gasteiger partial charge on any atom is -0.512 e. The van der Waals surface area contributed by atoms with Gasteiger partial charge in [-0.15, -0.1) is 6.58 Å². The fourth-order valence-electron chi connectivity index (χ4n) is 3.22. The number of allylic oxidation sites excluding steroid dienone is 1. The van der Waals surface area contributed by atoms with E-state index in [0.29, 0.717) is 38.0 Å². The fraction of sp³-hybridized carbons (Fsp3) is 0.389. The van der Waals surface area contributed by atoms with Crippen molar-refractivity contribution in [2.75, 3.05) is 13.2 Å². The molecular formula is C18H20O4. The monoisotopic (exact) mass is 300 g/mol. The van der Waals surface area contributed by atoms with Crippen molar-refractivity contribution in [2.24, 2.45) is 0 Å². The van der Waals surface area contributed by atoms with Crippen LogP contribution in [-0.4, -0.2) is 29.9 Å². The molecule has 3 rings (SSSR count). The largest absolute Gasteiger partial charge is 0.512 e. The first-order chi connectivity index (χ1) is 10.7. The highest BCUT2D eigenvalue weighted by Gasteiger charge is 2.44. The summed E-state index contributed by atoms with van der Waals surface area (Å²) in [7, 11) is 0. The van der Waals surface area contributed by atoms with Gasteiger partial charge in [0, 0.05) is 25.2 Å². The molecule has 116 valence electrons. The summed E-state index contributed by atoms with van der Waals surface area (Å²) in [4.78, 5) is 12.5. The Morgan fingerprint density at radius 3 is 2.50 bits per heavy atom. The van der Waals surface area contributed by atoms with Gasteiger partial charge in [-0.05, 0) is 5.56 Å². The van der Waals surface area contributed by atoms with Gasteiger partial charge in [-0.1, -0.05) is 36.4 Å². The van der Waals surface area contributed by atoms with Crippen LogP contribution in [0.2, 0.25) is 0 Å². The first-order valence-electron chi connectivity index (χ1n) is 7.56. The molecule has 1 atom stereocenters. The third kappa shape index (κ3) is 2.66. The van der Waals surface area contributed by atoms with E-state index in [1.807, 2.05) is 30.3 Å². The average Bonchev–Trinajstić information content (AvgIpc) is 2.52. The summed E-state index contributed by atoms with van der Waals surface area (Å²) in [5.74, 6) is -0.683. The first kappa shape index (κ1) is 14.9. The van der Waals surface area contributed by atoms with E-state index in [9.17, 15) is 9.90 Å². The van der Waals surface area contributed by atoms with Crippen molar-refractivity contribution in [1.29, 1.82) is 0 Å². The molecule has 1 N–H and O–H groups in total. The van der Waals surface area contributed by atoms with Gasteiger partial charge in [-0.3, -0.25) is 0 Å². The summed E-state index contributed by atoms with van der Waals surface area (Å²) in [6.07, 6.45) is 3.28. The third-order valence-electron chi connectivity index (χ3n) is 4.44. The Labute approximate surface area is 130 Å². The Morgan fingerprint density at radius 2 is 1.91 bits per heavy atom. The van der Waals surface area contributed by atoms with E-state index < -0.39 is 11.6 Å². The molecule has 0 aromatic heterocycles. The van der Waals surface area contributed by atoms with Gasteiger partial charge >= 0.3 is 5.97 Å². The molecule has 0 radical (unpaired) electrons. The zero-order valence-corrected chi connectivity index (χ0v) is 12.5. The SMILES string of the molecule is C=C[C@@H](C1=C(O)CC2(CCOCC2)OC1=O)c1ccccc1. The summed E-state index contributed by atoms with van der Waals surface area (Å²) in [6, 6.07) is 9.54. The molecule has 0 bridgehead atoms. The van der Waals surface area contributed by atoms with E-state index >= 15 is 0 Å². The average molecular weight is 300 g/mol. The number of ether oxygens (including phenoxy) is 2. The number of carbonyl (C=O) groups excluding carboxylic acids is 1. The van der Waals surface area contributed by atoms with Gasteiger partial charge in [-0.25, -0.2) is 4.79 Å². The molecule has 1 aromatic rings. The molecule has 2 aliphatic rings. The van der Waals surface area contributed by atoms with E-state index in [2.05, 4.69) is 6.58 Å². The van der Waals surface area contributed by atoms with Crippen LogP contribution in [0.15, 0.2) is 54.3 Å². The first-order valence-corrected chi connectivity index (χ1v) is 7.56. The Hall–Kier alpha value is -2.07. The van der Waals surface area contributed by atoms with Gasteiger partial charge < -0.3 is 14.6 Å². The summed E-state index contributed by atoms with van der Waals surface area (Å²) >= 11 is 0. The van der Waals surface area contributed by atoms with E-state index in [-0.39, 0.29) is 11.7 Å². The standard InChI is InChI=1S/C18H20O4/c1-2-14(13-6-4-3-5-7-13)16-15(19)12-18(22-17(16)20)8-10-21-11-9-18/h2-7,14,19H,1,8-12H2/t14-/m1/s1. The van der Waals surface area contributed by atoms with Crippen LogP contribution in [0.25, 0.3) is 0 Å². The van der Waals surface area contributed by atoms with Crippen molar-refractivity contribution in [3.8, 4) is 0 Å². The van der Waals surface area contributed by atoms with Crippen molar-refractivity contribution in [2.45, 2.75) is 30.8 Å². The zero-order chi connectivity index (χ0) is 15.6. The molecule has 4 heteroatoms. The number of aliphatic hydroxyl groups excluding tert-OH is 1.